The fraction of sp³-hybridized carbons (Fsp3) is 0.333. The summed E-state index contributed by atoms with van der Waals surface area (Å²) < 4.78 is 40.1. The molecule has 1 saturated carbocycles. The number of benzene rings is 2. The van der Waals surface area contributed by atoms with E-state index in [9.17, 15) is 18.3 Å². The zero-order valence-electron chi connectivity index (χ0n) is 17.5. The highest BCUT2D eigenvalue weighted by molar-refractivity contribution is 5.79. The molecular formula is C24H23F3N4O. The molecule has 5 nitrogen and oxygen atoms in total. The van der Waals surface area contributed by atoms with E-state index in [1.165, 1.54) is 18.5 Å². The molecule has 166 valence electrons. The lowest BCUT2D eigenvalue weighted by molar-refractivity contribution is -0.137. The molecule has 2 aliphatic carbocycles. The van der Waals surface area contributed by atoms with Crippen LogP contribution in [0.4, 0.5) is 30.4 Å². The zero-order chi connectivity index (χ0) is 22.5. The van der Waals surface area contributed by atoms with E-state index in [4.69, 9.17) is 0 Å². The Morgan fingerprint density at radius 3 is 2.62 bits per heavy atom. The highest BCUT2D eigenvalue weighted by Crippen LogP contribution is 2.41. The van der Waals surface area contributed by atoms with Gasteiger partial charge in [0.15, 0.2) is 0 Å². The second-order valence-electron chi connectivity index (χ2n) is 8.42. The number of hydrogen-bond donors (Lipinski definition) is 2. The van der Waals surface area contributed by atoms with Crippen LogP contribution >= 0.6 is 0 Å². The Labute approximate surface area is 183 Å². The molecule has 0 amide bonds. The van der Waals surface area contributed by atoms with E-state index in [1.807, 2.05) is 30.1 Å². The van der Waals surface area contributed by atoms with Crippen LogP contribution in [0.1, 0.15) is 42.1 Å². The van der Waals surface area contributed by atoms with Gasteiger partial charge in [-0.25, -0.2) is 9.97 Å². The molecule has 2 N–H and O–H groups in total. The third kappa shape index (κ3) is 3.90. The van der Waals surface area contributed by atoms with E-state index in [2.05, 4.69) is 15.3 Å². The lowest BCUT2D eigenvalue weighted by Gasteiger charge is -2.23. The van der Waals surface area contributed by atoms with E-state index in [0.717, 1.165) is 42.1 Å². The summed E-state index contributed by atoms with van der Waals surface area (Å²) in [5.74, 6) is 0.516. The highest BCUT2D eigenvalue weighted by Gasteiger charge is 2.34. The van der Waals surface area contributed by atoms with Gasteiger partial charge in [-0.1, -0.05) is 18.2 Å². The molecule has 5 rings (SSSR count). The van der Waals surface area contributed by atoms with Gasteiger partial charge in [0.25, 0.3) is 0 Å². The summed E-state index contributed by atoms with van der Waals surface area (Å²) in [6.07, 6.45) is -0.104. The number of aliphatic hydroxyl groups is 1. The number of fused-ring (bicyclic) bond motifs is 1. The van der Waals surface area contributed by atoms with Crippen molar-refractivity contribution >= 4 is 17.2 Å². The van der Waals surface area contributed by atoms with Crippen molar-refractivity contribution < 1.29 is 18.3 Å². The van der Waals surface area contributed by atoms with Crippen molar-refractivity contribution in [3.8, 4) is 11.3 Å². The maximum atomic E-state index is 13.4. The Morgan fingerprint density at radius 1 is 1.06 bits per heavy atom. The van der Waals surface area contributed by atoms with Gasteiger partial charge < -0.3 is 15.3 Å². The summed E-state index contributed by atoms with van der Waals surface area (Å²) in [4.78, 5) is 10.5. The molecule has 1 atom stereocenters. The fourth-order valence-electron chi connectivity index (χ4n) is 4.36. The van der Waals surface area contributed by atoms with E-state index < -0.39 is 17.8 Å². The molecule has 1 aromatic heterocycles. The molecule has 8 heteroatoms. The molecule has 1 unspecified atom stereocenters. The van der Waals surface area contributed by atoms with Crippen molar-refractivity contribution in [2.75, 3.05) is 17.3 Å². The fourth-order valence-corrected chi connectivity index (χ4v) is 4.36. The van der Waals surface area contributed by atoms with Crippen LogP contribution in [0, 0.1) is 0 Å². The first kappa shape index (κ1) is 20.8. The Balaban J connectivity index is 1.52. The first-order chi connectivity index (χ1) is 15.3. The molecule has 1 fully saturated rings. The predicted molar refractivity (Wildman–Crippen MR) is 117 cm³/mol. The molecule has 3 aromatic rings. The number of aliphatic hydroxyl groups excluding tert-OH is 1. The number of nitrogens with zero attached hydrogens (tertiary/aromatic N) is 3. The van der Waals surface area contributed by atoms with Gasteiger partial charge in [0.05, 0.1) is 17.4 Å². The van der Waals surface area contributed by atoms with E-state index >= 15 is 0 Å². The quantitative estimate of drug-likeness (QED) is 0.550. The van der Waals surface area contributed by atoms with Crippen molar-refractivity contribution in [3.05, 3.63) is 65.5 Å². The van der Waals surface area contributed by atoms with Crippen LogP contribution < -0.4 is 10.2 Å². The highest BCUT2D eigenvalue weighted by atomic mass is 19.4. The standard InChI is InChI=1S/C24H23F3N4O/c1-31(16-7-8-16)20-11-15(24(25,26)27)6-9-17(20)19-12-22(29-13-28-19)30-18-4-2-3-14-5-10-21(32)23(14)18/h2-4,6,9,11-13,16,21,32H,5,7-8,10H2,1H3,(H,28,29,30). The number of hydrogen-bond acceptors (Lipinski definition) is 5. The summed E-state index contributed by atoms with van der Waals surface area (Å²) in [5.41, 5.74) is 3.74. The number of halogens is 3. The number of nitrogens with one attached hydrogen (secondary N) is 1. The number of aromatic nitrogens is 2. The molecule has 0 radical (unpaired) electrons. The summed E-state index contributed by atoms with van der Waals surface area (Å²) in [7, 11) is 1.83. The SMILES string of the molecule is CN(c1cc(C(F)(F)F)ccc1-c1cc(Nc2cccc3c2C(O)CC3)ncn1)C1CC1. The normalized spacial score (nSPS) is 17.8. The van der Waals surface area contributed by atoms with Crippen LogP contribution in [0.5, 0.6) is 0 Å². The van der Waals surface area contributed by atoms with Gasteiger partial charge in [0.2, 0.25) is 0 Å². The van der Waals surface area contributed by atoms with E-state index in [-0.39, 0.29) is 6.04 Å². The Kier molecular flexibility index (Phi) is 5.04. The predicted octanol–water partition coefficient (Wildman–Crippen LogP) is 5.48. The van der Waals surface area contributed by atoms with Gasteiger partial charge in [0, 0.05) is 41.7 Å². The van der Waals surface area contributed by atoms with Crippen molar-refractivity contribution in [2.45, 2.75) is 44.0 Å². The van der Waals surface area contributed by atoms with Crippen LogP contribution in [0.3, 0.4) is 0 Å². The Morgan fingerprint density at radius 2 is 1.88 bits per heavy atom. The van der Waals surface area contributed by atoms with Crippen LogP contribution in [-0.2, 0) is 12.6 Å². The largest absolute Gasteiger partial charge is 0.416 e. The average Bonchev–Trinajstić information content (AvgIpc) is 3.55. The van der Waals surface area contributed by atoms with Crippen molar-refractivity contribution in [1.29, 1.82) is 0 Å². The minimum absolute atomic E-state index is 0.241. The Hall–Kier alpha value is -3.13. The molecule has 2 aromatic carbocycles. The van der Waals surface area contributed by atoms with E-state index in [1.54, 1.807) is 6.07 Å². The maximum Gasteiger partial charge on any atom is 0.416 e. The third-order valence-corrected chi connectivity index (χ3v) is 6.22. The second kappa shape index (κ2) is 7.78. The topological polar surface area (TPSA) is 61.3 Å². The monoisotopic (exact) mass is 440 g/mol. The number of aryl methyl sites for hydroxylation is 1. The minimum Gasteiger partial charge on any atom is -0.388 e. The molecular weight excluding hydrogens is 417 g/mol. The van der Waals surface area contributed by atoms with Crippen molar-refractivity contribution in [3.63, 3.8) is 0 Å². The van der Waals surface area contributed by atoms with Gasteiger partial charge in [-0.15, -0.1) is 0 Å². The molecule has 0 bridgehead atoms. The minimum atomic E-state index is -4.41. The molecule has 32 heavy (non-hydrogen) atoms. The van der Waals surface area contributed by atoms with Gasteiger partial charge >= 0.3 is 6.18 Å². The smallest absolute Gasteiger partial charge is 0.388 e. The molecule has 0 aliphatic heterocycles. The lowest BCUT2D eigenvalue weighted by Crippen LogP contribution is -2.21. The molecule has 0 spiro atoms. The van der Waals surface area contributed by atoms with Gasteiger partial charge in [-0.2, -0.15) is 13.2 Å². The summed E-state index contributed by atoms with van der Waals surface area (Å²) >= 11 is 0. The maximum absolute atomic E-state index is 13.4. The van der Waals surface area contributed by atoms with Crippen LogP contribution in [-0.4, -0.2) is 28.2 Å². The van der Waals surface area contributed by atoms with Crippen LogP contribution in [0.15, 0.2) is 48.8 Å². The van der Waals surface area contributed by atoms with Gasteiger partial charge in [0.1, 0.15) is 12.1 Å². The molecule has 2 aliphatic rings. The average molecular weight is 440 g/mol. The van der Waals surface area contributed by atoms with Crippen LogP contribution in [0.25, 0.3) is 11.3 Å². The number of anilines is 3. The van der Waals surface area contributed by atoms with Crippen molar-refractivity contribution in [1.82, 2.24) is 9.97 Å². The van der Waals surface area contributed by atoms with Gasteiger partial charge in [-0.3, -0.25) is 0 Å². The van der Waals surface area contributed by atoms with E-state index in [0.29, 0.717) is 29.2 Å². The first-order valence-corrected chi connectivity index (χ1v) is 10.6. The van der Waals surface area contributed by atoms with Gasteiger partial charge in [-0.05, 0) is 49.4 Å². The Bertz CT molecular complexity index is 1160. The van der Waals surface area contributed by atoms with Crippen molar-refractivity contribution in [2.24, 2.45) is 0 Å². The zero-order valence-corrected chi connectivity index (χ0v) is 17.5. The summed E-state index contributed by atoms with van der Waals surface area (Å²) in [6.45, 7) is 0. The summed E-state index contributed by atoms with van der Waals surface area (Å²) in [6, 6.07) is 11.6. The first-order valence-electron chi connectivity index (χ1n) is 10.6. The van der Waals surface area contributed by atoms with Crippen LogP contribution in [0.2, 0.25) is 0 Å². The molecule has 1 heterocycles. The molecule has 0 saturated heterocycles. The lowest BCUT2D eigenvalue weighted by atomic mass is 10.0. The third-order valence-electron chi connectivity index (χ3n) is 6.22. The number of alkyl halides is 3. The second-order valence-corrected chi connectivity index (χ2v) is 8.42. The number of rotatable bonds is 5. The summed E-state index contributed by atoms with van der Waals surface area (Å²) in [5, 5.41) is 13.6.